The molecule has 2 aromatic rings. The van der Waals surface area contributed by atoms with Crippen molar-refractivity contribution < 1.29 is 8.78 Å². The van der Waals surface area contributed by atoms with Crippen LogP contribution in [0.1, 0.15) is 30.9 Å². The quantitative estimate of drug-likeness (QED) is 0.570. The normalized spacial score (nSPS) is 23.5. The third-order valence-electron chi connectivity index (χ3n) is 4.97. The molecule has 0 aromatic heterocycles. The molecule has 0 saturated heterocycles. The van der Waals surface area contributed by atoms with Crippen LogP contribution in [0.25, 0.3) is 0 Å². The van der Waals surface area contributed by atoms with Gasteiger partial charge in [-0.15, -0.1) is 0 Å². The highest BCUT2D eigenvalue weighted by atomic mass is 79.9. The van der Waals surface area contributed by atoms with Crippen LogP contribution in [0.15, 0.2) is 70.7 Å². The van der Waals surface area contributed by atoms with Crippen molar-refractivity contribution in [2.45, 2.75) is 31.6 Å². The highest BCUT2D eigenvalue weighted by Crippen LogP contribution is 2.55. The molecule has 0 unspecified atom stereocenters. The maximum Gasteiger partial charge on any atom is 0.270 e. The molecule has 0 amide bonds. The Morgan fingerprint density at radius 2 is 1.74 bits per heavy atom. The van der Waals surface area contributed by atoms with Crippen LogP contribution >= 0.6 is 15.9 Å². The number of hydrogen-bond donors (Lipinski definition) is 0. The van der Waals surface area contributed by atoms with Gasteiger partial charge in [0.2, 0.25) is 0 Å². The van der Waals surface area contributed by atoms with Crippen molar-refractivity contribution in [1.82, 2.24) is 0 Å². The molecule has 3 rings (SSSR count). The molecule has 23 heavy (non-hydrogen) atoms. The van der Waals surface area contributed by atoms with E-state index in [1.165, 1.54) is 5.56 Å². The van der Waals surface area contributed by atoms with Gasteiger partial charge < -0.3 is 0 Å². The highest BCUT2D eigenvalue weighted by Gasteiger charge is 2.49. The Hall–Kier alpha value is -1.48. The molecule has 0 aliphatic heterocycles. The summed E-state index contributed by atoms with van der Waals surface area (Å²) >= 11 is 3.40. The third kappa shape index (κ3) is 3.25. The molecule has 1 saturated carbocycles. The van der Waals surface area contributed by atoms with Crippen molar-refractivity contribution in [2.24, 2.45) is 5.92 Å². The molecule has 0 radical (unpaired) electrons. The van der Waals surface area contributed by atoms with Crippen molar-refractivity contribution in [3.63, 3.8) is 0 Å². The van der Waals surface area contributed by atoms with Crippen LogP contribution in [-0.4, -0.2) is 0 Å². The smallest absolute Gasteiger partial charge is 0.173 e. The maximum absolute atomic E-state index is 13.6. The van der Waals surface area contributed by atoms with Gasteiger partial charge in [0.1, 0.15) is 0 Å². The van der Waals surface area contributed by atoms with E-state index in [9.17, 15) is 8.78 Å². The van der Waals surface area contributed by atoms with Gasteiger partial charge in [-0.3, -0.25) is 0 Å². The number of benzene rings is 2. The van der Waals surface area contributed by atoms with E-state index in [-0.39, 0.29) is 5.92 Å². The lowest BCUT2D eigenvalue weighted by molar-refractivity contribution is 0.228. The first kappa shape index (κ1) is 16.4. The molecule has 1 fully saturated rings. The Morgan fingerprint density at radius 3 is 2.35 bits per heavy atom. The summed E-state index contributed by atoms with van der Waals surface area (Å²) in [5.74, 6) is -0.0196. The summed E-state index contributed by atoms with van der Waals surface area (Å²) in [7, 11) is 0. The minimum absolute atomic E-state index is 0.0196. The number of hydrogen-bond acceptors (Lipinski definition) is 0. The van der Waals surface area contributed by atoms with E-state index >= 15 is 0 Å². The summed E-state index contributed by atoms with van der Waals surface area (Å²) in [6, 6.07) is 17.8. The van der Waals surface area contributed by atoms with Gasteiger partial charge in [0.15, 0.2) is 0 Å². The molecule has 2 atom stereocenters. The summed E-state index contributed by atoms with van der Waals surface area (Å²) in [6.07, 6.45) is 0.912. The molecule has 120 valence electrons. The molecule has 2 aromatic carbocycles. The van der Waals surface area contributed by atoms with E-state index in [2.05, 4.69) is 28.1 Å². The second-order valence-electron chi connectivity index (χ2n) is 6.44. The predicted molar refractivity (Wildman–Crippen MR) is 93.6 cm³/mol. The van der Waals surface area contributed by atoms with Crippen molar-refractivity contribution in [3.8, 4) is 0 Å². The lowest BCUT2D eigenvalue weighted by Gasteiger charge is -2.48. The van der Waals surface area contributed by atoms with Crippen LogP contribution < -0.4 is 0 Å². The highest BCUT2D eigenvalue weighted by molar-refractivity contribution is 9.10. The molecule has 1 aliphatic rings. The van der Waals surface area contributed by atoms with E-state index in [1.807, 2.05) is 49.4 Å². The van der Waals surface area contributed by atoms with Crippen LogP contribution in [0, 0.1) is 5.92 Å². The largest absolute Gasteiger partial charge is 0.270 e. The van der Waals surface area contributed by atoms with Gasteiger partial charge in [-0.05, 0) is 48.4 Å². The Morgan fingerprint density at radius 1 is 1.09 bits per heavy atom. The number of allylic oxidation sites excluding steroid dienone is 1. The molecule has 0 bridgehead atoms. The van der Waals surface area contributed by atoms with E-state index in [1.54, 1.807) is 0 Å². The fourth-order valence-corrected chi connectivity index (χ4v) is 3.97. The van der Waals surface area contributed by atoms with Crippen LogP contribution in [0.2, 0.25) is 0 Å². The summed E-state index contributed by atoms with van der Waals surface area (Å²) in [5, 5.41) is 0. The van der Waals surface area contributed by atoms with Gasteiger partial charge in [-0.1, -0.05) is 65.3 Å². The first-order chi connectivity index (χ1) is 11.0. The van der Waals surface area contributed by atoms with Crippen molar-refractivity contribution >= 4 is 15.9 Å². The van der Waals surface area contributed by atoms with Gasteiger partial charge >= 0.3 is 0 Å². The van der Waals surface area contributed by atoms with Gasteiger partial charge in [-0.25, -0.2) is 0 Å². The zero-order chi connectivity index (χ0) is 16.4. The molecule has 0 nitrogen and oxygen atoms in total. The number of aryl methyl sites for hydroxylation is 1. The Balaban J connectivity index is 1.76. The summed E-state index contributed by atoms with van der Waals surface area (Å²) < 4.78 is 28.1. The first-order valence-corrected chi connectivity index (χ1v) is 8.65. The minimum Gasteiger partial charge on any atom is -0.173 e. The standard InChI is InChI=1S/C20H19BrF2/c1-20(16-9-11-17(21)12-10-16)13-15(18(20)19(22)23)8-7-14-5-3-2-4-6-14/h2-6,9-12,15H,7-8,13H2,1H3/t15-,20-/m0/s1. The first-order valence-electron chi connectivity index (χ1n) is 7.86. The molecule has 0 N–H and O–H groups in total. The zero-order valence-corrected chi connectivity index (χ0v) is 14.6. The van der Waals surface area contributed by atoms with Crippen LogP contribution in [0.3, 0.4) is 0 Å². The van der Waals surface area contributed by atoms with E-state index in [0.717, 1.165) is 29.3 Å². The van der Waals surface area contributed by atoms with Gasteiger partial charge in [-0.2, -0.15) is 8.78 Å². The Labute approximate surface area is 144 Å². The fraction of sp³-hybridized carbons (Fsp3) is 0.300. The second-order valence-corrected chi connectivity index (χ2v) is 7.35. The predicted octanol–water partition coefficient (Wildman–Crippen LogP) is 6.51. The molecular weight excluding hydrogens is 358 g/mol. The Kier molecular flexibility index (Phi) is 4.67. The van der Waals surface area contributed by atoms with Crippen molar-refractivity contribution in [1.29, 1.82) is 0 Å². The van der Waals surface area contributed by atoms with E-state index in [0.29, 0.717) is 5.57 Å². The molecule has 1 aliphatic carbocycles. The molecular formula is C20H19BrF2. The van der Waals surface area contributed by atoms with Crippen LogP contribution in [0.4, 0.5) is 8.78 Å². The van der Waals surface area contributed by atoms with Crippen molar-refractivity contribution in [2.75, 3.05) is 0 Å². The Bertz CT molecular complexity index is 702. The lowest BCUT2D eigenvalue weighted by Crippen LogP contribution is -2.42. The average molecular weight is 377 g/mol. The topological polar surface area (TPSA) is 0 Å². The number of rotatable bonds is 4. The number of halogens is 3. The average Bonchev–Trinajstić information content (AvgIpc) is 2.52. The maximum atomic E-state index is 13.6. The summed E-state index contributed by atoms with van der Waals surface area (Å²) in [5.41, 5.74) is 1.99. The summed E-state index contributed by atoms with van der Waals surface area (Å²) in [6.45, 7) is 1.93. The van der Waals surface area contributed by atoms with Crippen molar-refractivity contribution in [3.05, 3.63) is 81.9 Å². The van der Waals surface area contributed by atoms with Gasteiger partial charge in [0, 0.05) is 15.5 Å². The summed E-state index contributed by atoms with van der Waals surface area (Å²) in [4.78, 5) is 0. The SMILES string of the molecule is C[C@@]1(c2ccc(Br)cc2)C[C@H](CCc2ccccc2)C1=C(F)F. The zero-order valence-electron chi connectivity index (χ0n) is 13.0. The van der Waals surface area contributed by atoms with Gasteiger partial charge in [0.05, 0.1) is 0 Å². The lowest BCUT2D eigenvalue weighted by atomic mass is 9.55. The van der Waals surface area contributed by atoms with E-state index in [4.69, 9.17) is 0 Å². The molecule has 0 heterocycles. The van der Waals surface area contributed by atoms with Gasteiger partial charge in [0.25, 0.3) is 6.08 Å². The minimum atomic E-state index is -1.50. The van der Waals surface area contributed by atoms with Crippen LogP contribution in [-0.2, 0) is 11.8 Å². The van der Waals surface area contributed by atoms with Crippen LogP contribution in [0.5, 0.6) is 0 Å². The monoisotopic (exact) mass is 376 g/mol. The molecule has 0 spiro atoms. The second kappa shape index (κ2) is 6.56. The third-order valence-corrected chi connectivity index (χ3v) is 5.50. The van der Waals surface area contributed by atoms with E-state index < -0.39 is 11.5 Å². The fourth-order valence-electron chi connectivity index (χ4n) is 3.71. The molecule has 3 heteroatoms.